The molecule has 1 fully saturated rings. The number of nitrogens with zero attached hydrogens (tertiary/aromatic N) is 3. The lowest BCUT2D eigenvalue weighted by atomic mass is 9.80. The Labute approximate surface area is 168 Å². The normalized spacial score (nSPS) is 22.7. The van der Waals surface area contributed by atoms with E-state index in [4.69, 9.17) is 0 Å². The van der Waals surface area contributed by atoms with Crippen LogP contribution in [0.3, 0.4) is 0 Å². The molecule has 4 heteroatoms. The molecule has 0 N–H and O–H groups in total. The van der Waals surface area contributed by atoms with Crippen molar-refractivity contribution in [2.45, 2.75) is 64.1 Å². The molecule has 3 heterocycles. The van der Waals surface area contributed by atoms with E-state index in [9.17, 15) is 4.79 Å². The first-order valence-electron chi connectivity index (χ1n) is 10.7. The van der Waals surface area contributed by atoms with Crippen LogP contribution < -0.4 is 0 Å². The van der Waals surface area contributed by atoms with Crippen molar-refractivity contribution in [3.63, 3.8) is 0 Å². The third kappa shape index (κ3) is 3.97. The molecule has 0 bridgehead atoms. The summed E-state index contributed by atoms with van der Waals surface area (Å²) in [6.07, 6.45) is 8.04. The minimum Gasteiger partial charge on any atom is -0.336 e. The smallest absolute Gasteiger partial charge is 0.222 e. The summed E-state index contributed by atoms with van der Waals surface area (Å²) in [6, 6.07) is 14.9. The molecule has 28 heavy (non-hydrogen) atoms. The maximum Gasteiger partial charge on any atom is 0.222 e. The number of hydrogen-bond donors (Lipinski definition) is 0. The molecule has 1 saturated heterocycles. The molecule has 1 aromatic heterocycles. The van der Waals surface area contributed by atoms with Crippen LogP contribution in [0.4, 0.5) is 0 Å². The zero-order chi connectivity index (χ0) is 19.4. The van der Waals surface area contributed by atoms with Crippen LogP contribution in [-0.4, -0.2) is 39.3 Å². The van der Waals surface area contributed by atoms with Gasteiger partial charge in [-0.2, -0.15) is 0 Å². The van der Waals surface area contributed by atoms with E-state index < -0.39 is 0 Å². The summed E-state index contributed by atoms with van der Waals surface area (Å²) < 4.78 is 0. The highest BCUT2D eigenvalue weighted by Gasteiger charge is 2.43. The Morgan fingerprint density at radius 2 is 1.93 bits per heavy atom. The van der Waals surface area contributed by atoms with Crippen molar-refractivity contribution in [1.82, 2.24) is 14.8 Å². The molecular weight excluding hydrogens is 346 g/mol. The van der Waals surface area contributed by atoms with Crippen LogP contribution in [-0.2, 0) is 24.3 Å². The quantitative estimate of drug-likeness (QED) is 0.802. The second-order valence-corrected chi connectivity index (χ2v) is 8.37. The van der Waals surface area contributed by atoms with Crippen LogP contribution in [0.15, 0.2) is 48.7 Å². The summed E-state index contributed by atoms with van der Waals surface area (Å²) in [5.41, 5.74) is 3.84. The van der Waals surface area contributed by atoms with Gasteiger partial charge in [-0.3, -0.25) is 14.7 Å². The van der Waals surface area contributed by atoms with Gasteiger partial charge in [-0.1, -0.05) is 43.7 Å². The van der Waals surface area contributed by atoms with Gasteiger partial charge in [-0.05, 0) is 55.5 Å². The van der Waals surface area contributed by atoms with Gasteiger partial charge >= 0.3 is 0 Å². The second kappa shape index (κ2) is 8.44. The Bertz CT molecular complexity index is 807. The van der Waals surface area contributed by atoms with Crippen LogP contribution in [0.1, 0.15) is 55.8 Å². The summed E-state index contributed by atoms with van der Waals surface area (Å²) >= 11 is 0. The lowest BCUT2D eigenvalue weighted by Crippen LogP contribution is -2.58. The molecule has 2 aliphatic heterocycles. The van der Waals surface area contributed by atoms with Crippen molar-refractivity contribution in [1.29, 1.82) is 0 Å². The highest BCUT2D eigenvalue weighted by molar-refractivity contribution is 5.76. The number of benzene rings is 1. The molecule has 1 aromatic carbocycles. The summed E-state index contributed by atoms with van der Waals surface area (Å²) in [5.74, 6) is 0.293. The molecule has 0 aliphatic carbocycles. The number of carbonyl (C=O) groups is 1. The van der Waals surface area contributed by atoms with E-state index >= 15 is 0 Å². The van der Waals surface area contributed by atoms with Crippen LogP contribution in [0.2, 0.25) is 0 Å². The summed E-state index contributed by atoms with van der Waals surface area (Å²) in [6.45, 7) is 5.60. The number of amides is 1. The van der Waals surface area contributed by atoms with Crippen LogP contribution in [0.25, 0.3) is 0 Å². The average molecular weight is 378 g/mol. The number of pyridine rings is 1. The summed E-state index contributed by atoms with van der Waals surface area (Å²) in [7, 11) is 0. The minimum atomic E-state index is 0.00573. The first-order valence-corrected chi connectivity index (χ1v) is 10.7. The van der Waals surface area contributed by atoms with Crippen LogP contribution in [0, 0.1) is 0 Å². The standard InChI is InChI=1S/C24H31N3O/c1-2-9-23(28)26-17-21-11-4-3-10-20(21)16-24(19-26)13-6-8-15-27(24)18-22-12-5-7-14-25-22/h3-5,7,10-12,14H,2,6,8-9,13,15-19H2,1H3. The molecule has 4 rings (SSSR count). The monoisotopic (exact) mass is 377 g/mol. The van der Waals surface area contributed by atoms with Gasteiger partial charge in [-0.15, -0.1) is 0 Å². The number of fused-ring (bicyclic) bond motifs is 1. The van der Waals surface area contributed by atoms with E-state index in [0.717, 1.165) is 51.1 Å². The molecule has 4 nitrogen and oxygen atoms in total. The van der Waals surface area contributed by atoms with E-state index in [1.807, 2.05) is 12.3 Å². The topological polar surface area (TPSA) is 36.4 Å². The van der Waals surface area contributed by atoms with Gasteiger partial charge in [0.15, 0.2) is 0 Å². The molecule has 2 aliphatic rings. The number of likely N-dealkylation sites (tertiary alicyclic amines) is 1. The lowest BCUT2D eigenvalue weighted by molar-refractivity contribution is -0.134. The van der Waals surface area contributed by atoms with Gasteiger partial charge < -0.3 is 4.90 Å². The molecule has 1 unspecified atom stereocenters. The Morgan fingerprint density at radius 1 is 1.11 bits per heavy atom. The first-order chi connectivity index (χ1) is 13.7. The fourth-order valence-electron chi connectivity index (χ4n) is 4.92. The average Bonchev–Trinajstić information content (AvgIpc) is 2.88. The molecular formula is C24H31N3O. The fraction of sp³-hybridized carbons (Fsp3) is 0.500. The summed E-state index contributed by atoms with van der Waals surface area (Å²) in [4.78, 5) is 22.3. The molecule has 0 radical (unpaired) electrons. The van der Waals surface area contributed by atoms with Gasteiger partial charge in [0.1, 0.15) is 0 Å². The van der Waals surface area contributed by atoms with E-state index in [-0.39, 0.29) is 5.54 Å². The number of carbonyl (C=O) groups excluding carboxylic acids is 1. The molecule has 1 atom stereocenters. The Morgan fingerprint density at radius 3 is 2.71 bits per heavy atom. The molecule has 148 valence electrons. The van der Waals surface area contributed by atoms with Crippen molar-refractivity contribution in [2.24, 2.45) is 0 Å². The molecule has 1 amide bonds. The minimum absolute atomic E-state index is 0.00573. The maximum atomic E-state index is 12.9. The van der Waals surface area contributed by atoms with Gasteiger partial charge in [0, 0.05) is 37.8 Å². The fourth-order valence-corrected chi connectivity index (χ4v) is 4.92. The van der Waals surface area contributed by atoms with Crippen molar-refractivity contribution in [3.8, 4) is 0 Å². The number of aromatic nitrogens is 1. The number of rotatable bonds is 4. The van der Waals surface area contributed by atoms with E-state index in [1.165, 1.54) is 24.0 Å². The van der Waals surface area contributed by atoms with Crippen LogP contribution >= 0.6 is 0 Å². The third-order valence-corrected chi connectivity index (χ3v) is 6.37. The Hall–Kier alpha value is -2.20. The van der Waals surface area contributed by atoms with E-state index in [1.54, 1.807) is 0 Å². The third-order valence-electron chi connectivity index (χ3n) is 6.37. The van der Waals surface area contributed by atoms with Crippen molar-refractivity contribution in [2.75, 3.05) is 13.1 Å². The Kier molecular flexibility index (Phi) is 5.77. The van der Waals surface area contributed by atoms with Gasteiger partial charge in [-0.25, -0.2) is 0 Å². The predicted molar refractivity (Wildman–Crippen MR) is 112 cm³/mol. The van der Waals surface area contributed by atoms with Gasteiger partial charge in [0.25, 0.3) is 0 Å². The molecule has 2 aromatic rings. The highest BCUT2D eigenvalue weighted by Crippen LogP contribution is 2.37. The molecule has 1 spiro atoms. The molecule has 0 saturated carbocycles. The van der Waals surface area contributed by atoms with Crippen molar-refractivity contribution in [3.05, 3.63) is 65.5 Å². The number of hydrogen-bond acceptors (Lipinski definition) is 3. The SMILES string of the molecule is CCCC(=O)N1Cc2ccccc2CC2(CCCCN2Cc2ccccn2)C1. The highest BCUT2D eigenvalue weighted by atomic mass is 16.2. The zero-order valence-electron chi connectivity index (χ0n) is 16.9. The van der Waals surface area contributed by atoms with E-state index in [0.29, 0.717) is 12.3 Å². The van der Waals surface area contributed by atoms with Gasteiger partial charge in [0.2, 0.25) is 5.91 Å². The van der Waals surface area contributed by atoms with Crippen molar-refractivity contribution >= 4 is 5.91 Å². The van der Waals surface area contributed by atoms with Crippen molar-refractivity contribution < 1.29 is 4.79 Å². The van der Waals surface area contributed by atoms with E-state index in [2.05, 4.69) is 58.1 Å². The Balaban J connectivity index is 1.69. The van der Waals surface area contributed by atoms with Gasteiger partial charge in [0.05, 0.1) is 5.69 Å². The second-order valence-electron chi connectivity index (χ2n) is 8.37. The maximum absolute atomic E-state index is 12.9. The number of piperidine rings is 1. The largest absolute Gasteiger partial charge is 0.336 e. The first kappa shape index (κ1) is 19.1. The summed E-state index contributed by atoms with van der Waals surface area (Å²) in [5, 5.41) is 0. The van der Waals surface area contributed by atoms with Crippen LogP contribution in [0.5, 0.6) is 0 Å². The lowest BCUT2D eigenvalue weighted by Gasteiger charge is -2.48. The zero-order valence-corrected chi connectivity index (χ0v) is 16.9. The predicted octanol–water partition coefficient (Wildman–Crippen LogP) is 4.19.